The fourth-order valence-electron chi connectivity index (χ4n) is 8.13. The van der Waals surface area contributed by atoms with Crippen LogP contribution in [0.5, 0.6) is 0 Å². The zero-order chi connectivity index (χ0) is 38.4. The van der Waals surface area contributed by atoms with Crippen LogP contribution in [0.3, 0.4) is 0 Å². The number of amides is 1. The van der Waals surface area contributed by atoms with Crippen molar-refractivity contribution in [1.29, 1.82) is 0 Å². The Hall–Kier alpha value is -3.17. The van der Waals surface area contributed by atoms with Crippen molar-refractivity contribution in [3.8, 4) is 0 Å². The molecule has 0 radical (unpaired) electrons. The van der Waals surface area contributed by atoms with Crippen molar-refractivity contribution in [2.24, 2.45) is 17.2 Å². The van der Waals surface area contributed by atoms with Crippen LogP contribution in [0.4, 0.5) is 0 Å². The van der Waals surface area contributed by atoms with Gasteiger partial charge in [-0.2, -0.15) is 0 Å². The van der Waals surface area contributed by atoms with Crippen LogP contribution >= 0.6 is 0 Å². The summed E-state index contributed by atoms with van der Waals surface area (Å²) in [7, 11) is 0. The molecule has 2 heterocycles. The van der Waals surface area contributed by atoms with Crippen LogP contribution in [0.15, 0.2) is 54.6 Å². The number of rotatable bonds is 11. The van der Waals surface area contributed by atoms with Crippen molar-refractivity contribution in [3.63, 3.8) is 0 Å². The predicted molar refractivity (Wildman–Crippen MR) is 195 cm³/mol. The molecule has 0 spiro atoms. The fraction of sp³-hybridized carbons (Fsp3) is 0.553. The summed E-state index contributed by atoms with van der Waals surface area (Å²) in [5.74, 6) is -0.303. The second-order valence-corrected chi connectivity index (χ2v) is 14.8. The van der Waals surface area contributed by atoms with Crippen LogP contribution in [0.2, 0.25) is 0 Å². The first-order chi connectivity index (χ1) is 25.9. The van der Waals surface area contributed by atoms with Crippen molar-refractivity contribution in [2.45, 2.75) is 117 Å². The minimum Gasteiger partial charge on any atom is -0.394 e. The zero-order valence-electron chi connectivity index (χ0n) is 29.5. The minimum absolute atomic E-state index is 0.0371. The van der Waals surface area contributed by atoms with Gasteiger partial charge in [0.15, 0.2) is 12.6 Å². The van der Waals surface area contributed by atoms with E-state index in [-0.39, 0.29) is 25.3 Å². The molecule has 1 amide bonds. The Balaban J connectivity index is 0.950. The molecule has 3 fully saturated rings. The van der Waals surface area contributed by atoms with Crippen molar-refractivity contribution in [3.05, 3.63) is 60.2 Å². The quantitative estimate of drug-likeness (QED) is 0.0724. The summed E-state index contributed by atoms with van der Waals surface area (Å²) in [6.07, 6.45) is -16.2. The maximum absolute atomic E-state index is 13.0. The second kappa shape index (κ2) is 16.1. The number of benzene rings is 4. The lowest BCUT2D eigenvalue weighted by molar-refractivity contribution is -0.332. The molecular formula is C38H50N4O12. The van der Waals surface area contributed by atoms with Gasteiger partial charge in [-0.15, -0.1) is 0 Å². The molecular weight excluding hydrogens is 704 g/mol. The van der Waals surface area contributed by atoms with Crippen LogP contribution in [0.25, 0.3) is 32.3 Å². The Kier molecular flexibility index (Phi) is 11.7. The Morgan fingerprint density at radius 1 is 0.704 bits per heavy atom. The lowest BCUT2D eigenvalue weighted by Gasteiger charge is -2.48. The summed E-state index contributed by atoms with van der Waals surface area (Å²) in [6, 6.07) is 15.9. The molecule has 1 saturated carbocycles. The SMILES string of the molecule is N[C@@H]1[C@@H](O)[C@@H](O[C@@H]2[C@@H](O)[C@H](O[C@H]3O[C@H](CNC(=O)CCCc4ccc5ccc6cccc7ccc4c5c67)[C@@H](O)[C@H](O)[C@H]3O)[C@@H](N)C[C@H]2N)O[C@H](CO)[C@H]1O. The lowest BCUT2D eigenvalue weighted by atomic mass is 9.84. The van der Waals surface area contributed by atoms with Crippen LogP contribution in [-0.4, -0.2) is 147 Å². The van der Waals surface area contributed by atoms with E-state index in [4.69, 9.17) is 36.1 Å². The Morgan fingerprint density at radius 3 is 1.96 bits per heavy atom. The third kappa shape index (κ3) is 7.40. The van der Waals surface area contributed by atoms with E-state index >= 15 is 0 Å². The third-order valence-electron chi connectivity index (χ3n) is 11.2. The van der Waals surface area contributed by atoms with Gasteiger partial charge in [0.05, 0.1) is 12.6 Å². The van der Waals surface area contributed by atoms with E-state index in [1.165, 1.54) is 21.5 Å². The van der Waals surface area contributed by atoms with Crippen LogP contribution in [0, 0.1) is 0 Å². The zero-order valence-corrected chi connectivity index (χ0v) is 29.5. The predicted octanol–water partition coefficient (Wildman–Crippen LogP) is -2.21. The van der Waals surface area contributed by atoms with Crippen LogP contribution < -0.4 is 22.5 Å². The van der Waals surface area contributed by atoms with Crippen molar-refractivity contribution in [2.75, 3.05) is 13.2 Å². The first-order valence-corrected chi connectivity index (χ1v) is 18.4. The van der Waals surface area contributed by atoms with E-state index in [0.29, 0.717) is 12.8 Å². The Bertz CT molecular complexity index is 1890. The number of aryl methyl sites for hydroxylation is 1. The highest BCUT2D eigenvalue weighted by Gasteiger charge is 2.51. The third-order valence-corrected chi connectivity index (χ3v) is 11.2. The van der Waals surface area contributed by atoms with Gasteiger partial charge in [-0.05, 0) is 57.1 Å². The summed E-state index contributed by atoms with van der Waals surface area (Å²) in [6.45, 7) is -0.834. The minimum atomic E-state index is -1.76. The smallest absolute Gasteiger partial charge is 0.220 e. The largest absolute Gasteiger partial charge is 0.394 e. The topological polar surface area (TPSA) is 286 Å². The van der Waals surface area contributed by atoms with Gasteiger partial charge in [0.1, 0.15) is 61.0 Å². The van der Waals surface area contributed by atoms with Gasteiger partial charge < -0.3 is 77.2 Å². The number of nitrogens with two attached hydrogens (primary N) is 3. The molecule has 54 heavy (non-hydrogen) atoms. The normalized spacial score (nSPS) is 37.6. The number of nitrogens with one attached hydrogen (secondary N) is 1. The number of aliphatic hydroxyl groups excluding tert-OH is 7. The van der Waals surface area contributed by atoms with Gasteiger partial charge in [0, 0.05) is 25.0 Å². The van der Waals surface area contributed by atoms with Crippen LogP contribution in [-0.2, 0) is 30.2 Å². The van der Waals surface area contributed by atoms with Crippen molar-refractivity contribution < 1.29 is 59.5 Å². The van der Waals surface area contributed by atoms with Gasteiger partial charge >= 0.3 is 0 Å². The average molecular weight is 755 g/mol. The molecule has 15 atom stereocenters. The summed E-state index contributed by atoms with van der Waals surface area (Å²) >= 11 is 0. The first kappa shape index (κ1) is 39.1. The molecule has 294 valence electrons. The highest BCUT2D eigenvalue weighted by Crippen LogP contribution is 2.36. The van der Waals surface area contributed by atoms with Crippen molar-refractivity contribution >= 4 is 38.2 Å². The monoisotopic (exact) mass is 754 g/mol. The number of hydrogen-bond donors (Lipinski definition) is 11. The van der Waals surface area contributed by atoms with Crippen molar-refractivity contribution in [1.82, 2.24) is 5.32 Å². The molecule has 3 aliphatic rings. The molecule has 7 rings (SSSR count). The summed E-state index contributed by atoms with van der Waals surface area (Å²) < 4.78 is 23.0. The molecule has 16 nitrogen and oxygen atoms in total. The fourth-order valence-corrected chi connectivity index (χ4v) is 8.13. The Morgan fingerprint density at radius 2 is 1.30 bits per heavy atom. The van der Waals surface area contributed by atoms with Gasteiger partial charge in [-0.1, -0.05) is 54.6 Å². The van der Waals surface area contributed by atoms with Crippen LogP contribution in [0.1, 0.15) is 24.8 Å². The molecule has 0 unspecified atom stereocenters. The van der Waals surface area contributed by atoms with Gasteiger partial charge in [-0.3, -0.25) is 4.79 Å². The molecule has 0 bridgehead atoms. The van der Waals surface area contributed by atoms with E-state index in [1.807, 2.05) is 6.07 Å². The highest BCUT2D eigenvalue weighted by molar-refractivity contribution is 6.23. The summed E-state index contributed by atoms with van der Waals surface area (Å²) in [5.41, 5.74) is 19.6. The maximum Gasteiger partial charge on any atom is 0.220 e. The first-order valence-electron chi connectivity index (χ1n) is 18.4. The molecule has 16 heteroatoms. The van der Waals surface area contributed by atoms with E-state index in [9.17, 15) is 40.5 Å². The molecule has 0 aromatic heterocycles. The molecule has 2 aliphatic heterocycles. The second-order valence-electron chi connectivity index (χ2n) is 14.8. The number of ether oxygens (including phenoxy) is 4. The van der Waals surface area contributed by atoms with Gasteiger partial charge in [0.25, 0.3) is 0 Å². The maximum atomic E-state index is 13.0. The molecule has 4 aromatic rings. The van der Waals surface area contributed by atoms with Gasteiger partial charge in [-0.25, -0.2) is 0 Å². The molecule has 2 saturated heterocycles. The number of carbonyl (C=O) groups is 1. The standard InChI is InChI=1S/C38H50N4O12/c39-21-13-22(40)36(34(50)35(21)53-37-31(47)28(41)29(45)24(15-43)52-37)54-38-33(49)32(48)30(46)23(51-38)14-42-25(44)6-2-3-16-7-8-19-10-9-17-4-1-5-18-11-12-20(16)27(19)26(17)18/h1,4-5,7-12,21-24,28-38,43,45-50H,2-3,6,13-15,39-41H2,(H,42,44)/t21-,22+,23-,24-,28+,29-,30-,31-,32+,33-,34-,35+,36-,37-,38-/m1/s1. The lowest BCUT2D eigenvalue weighted by Crippen LogP contribution is -2.68. The number of hydrogen-bond acceptors (Lipinski definition) is 15. The van der Waals surface area contributed by atoms with E-state index in [0.717, 1.165) is 16.3 Å². The molecule has 14 N–H and O–H groups in total. The average Bonchev–Trinajstić information content (AvgIpc) is 3.16. The molecule has 1 aliphatic carbocycles. The molecule has 4 aromatic carbocycles. The van der Waals surface area contributed by atoms with Gasteiger partial charge in [0.2, 0.25) is 5.91 Å². The number of carbonyl (C=O) groups excluding carboxylic acids is 1. The van der Waals surface area contributed by atoms with E-state index < -0.39 is 98.4 Å². The van der Waals surface area contributed by atoms with E-state index in [2.05, 4.69) is 53.8 Å². The summed E-state index contributed by atoms with van der Waals surface area (Å²) in [5, 5.41) is 83.7. The van der Waals surface area contributed by atoms with E-state index in [1.54, 1.807) is 0 Å². The summed E-state index contributed by atoms with van der Waals surface area (Å²) in [4.78, 5) is 13.0. The Labute approximate surface area is 310 Å². The number of aliphatic hydroxyl groups is 7. The highest BCUT2D eigenvalue weighted by atomic mass is 16.7.